The summed E-state index contributed by atoms with van der Waals surface area (Å²) < 4.78 is 12.8. The van der Waals surface area contributed by atoms with E-state index >= 15 is 0 Å². The van der Waals surface area contributed by atoms with Gasteiger partial charge in [-0.25, -0.2) is 4.39 Å². The fourth-order valence-corrected chi connectivity index (χ4v) is 1.68. The Morgan fingerprint density at radius 2 is 2.06 bits per heavy atom. The molecular weight excluding hydrogens is 201 g/mol. The Hall–Kier alpha value is -1.15. The maximum Gasteiger partial charge on any atom is 0.123 e. The van der Waals surface area contributed by atoms with Crippen LogP contribution in [0, 0.1) is 5.82 Å². The van der Waals surface area contributed by atoms with Crippen LogP contribution in [0.15, 0.2) is 36.9 Å². The Kier molecular flexibility index (Phi) is 5.79. The van der Waals surface area contributed by atoms with E-state index in [1.807, 2.05) is 18.2 Å². The minimum absolute atomic E-state index is 0.179. The topological polar surface area (TPSA) is 12.0 Å². The lowest BCUT2D eigenvalue weighted by Gasteiger charge is -2.18. The molecule has 16 heavy (non-hydrogen) atoms. The quantitative estimate of drug-likeness (QED) is 0.690. The zero-order valence-electron chi connectivity index (χ0n) is 9.88. The number of hydrogen-bond acceptors (Lipinski definition) is 1. The van der Waals surface area contributed by atoms with E-state index in [0.29, 0.717) is 6.04 Å². The lowest BCUT2D eigenvalue weighted by Crippen LogP contribution is -2.22. The summed E-state index contributed by atoms with van der Waals surface area (Å²) in [5.41, 5.74) is 1.15. The van der Waals surface area contributed by atoms with Crippen LogP contribution in [0.1, 0.15) is 37.8 Å². The third kappa shape index (κ3) is 4.15. The summed E-state index contributed by atoms with van der Waals surface area (Å²) in [6.45, 7) is 6.86. The monoisotopic (exact) mass is 221 g/mol. The Morgan fingerprint density at radius 3 is 2.62 bits per heavy atom. The first-order valence-electron chi connectivity index (χ1n) is 5.87. The van der Waals surface area contributed by atoms with E-state index in [0.717, 1.165) is 31.4 Å². The van der Waals surface area contributed by atoms with Crippen molar-refractivity contribution in [2.24, 2.45) is 0 Å². The minimum atomic E-state index is -0.179. The average Bonchev–Trinajstić information content (AvgIpc) is 2.31. The lowest BCUT2D eigenvalue weighted by molar-refractivity contribution is 0.502. The Morgan fingerprint density at radius 1 is 1.38 bits per heavy atom. The van der Waals surface area contributed by atoms with Gasteiger partial charge < -0.3 is 5.32 Å². The van der Waals surface area contributed by atoms with Gasteiger partial charge in [0, 0.05) is 6.04 Å². The molecule has 1 aromatic rings. The van der Waals surface area contributed by atoms with Crippen LogP contribution in [0.3, 0.4) is 0 Å². The van der Waals surface area contributed by atoms with E-state index in [1.165, 1.54) is 12.1 Å². The Balaban J connectivity index is 2.66. The van der Waals surface area contributed by atoms with Crippen molar-refractivity contribution in [1.82, 2.24) is 5.32 Å². The molecule has 1 nitrogen and oxygen atoms in total. The molecule has 0 saturated heterocycles. The molecule has 0 amide bonds. The molecular formula is C14H20FN. The molecule has 0 aromatic heterocycles. The van der Waals surface area contributed by atoms with Gasteiger partial charge in [-0.1, -0.05) is 25.1 Å². The molecule has 0 aliphatic carbocycles. The predicted octanol–water partition coefficient (Wildman–Crippen LogP) is 3.83. The second-order valence-corrected chi connectivity index (χ2v) is 3.92. The van der Waals surface area contributed by atoms with Gasteiger partial charge in [0.1, 0.15) is 5.82 Å². The van der Waals surface area contributed by atoms with Gasteiger partial charge in [0.15, 0.2) is 0 Å². The van der Waals surface area contributed by atoms with Crippen LogP contribution in [-0.4, -0.2) is 6.54 Å². The SMILES string of the molecule is C=CCCC(NCCC)c1ccc(F)cc1. The molecule has 0 aliphatic heterocycles. The molecule has 1 N–H and O–H groups in total. The zero-order valence-corrected chi connectivity index (χ0v) is 9.88. The van der Waals surface area contributed by atoms with Gasteiger partial charge in [0.25, 0.3) is 0 Å². The number of rotatable bonds is 7. The van der Waals surface area contributed by atoms with Crippen LogP contribution >= 0.6 is 0 Å². The number of hydrogen-bond donors (Lipinski definition) is 1. The lowest BCUT2D eigenvalue weighted by atomic mass is 10.0. The molecule has 88 valence electrons. The van der Waals surface area contributed by atoms with Gasteiger partial charge in [-0.15, -0.1) is 6.58 Å². The molecule has 2 heteroatoms. The maximum atomic E-state index is 12.8. The van der Waals surface area contributed by atoms with Crippen LogP contribution in [0.25, 0.3) is 0 Å². The van der Waals surface area contributed by atoms with Crippen molar-refractivity contribution in [1.29, 1.82) is 0 Å². The van der Waals surface area contributed by atoms with Crippen molar-refractivity contribution < 1.29 is 4.39 Å². The molecule has 0 fully saturated rings. The van der Waals surface area contributed by atoms with Crippen molar-refractivity contribution in [2.45, 2.75) is 32.2 Å². The Labute approximate surface area is 97.4 Å². The van der Waals surface area contributed by atoms with E-state index in [1.54, 1.807) is 0 Å². The van der Waals surface area contributed by atoms with E-state index in [9.17, 15) is 4.39 Å². The normalized spacial score (nSPS) is 12.4. The number of benzene rings is 1. The fraction of sp³-hybridized carbons (Fsp3) is 0.429. The molecule has 1 aromatic carbocycles. The van der Waals surface area contributed by atoms with Crippen molar-refractivity contribution in [3.63, 3.8) is 0 Å². The molecule has 0 bridgehead atoms. The van der Waals surface area contributed by atoms with Crippen LogP contribution < -0.4 is 5.32 Å². The standard InChI is InChI=1S/C14H20FN/c1-3-5-6-14(16-11-4-2)12-7-9-13(15)10-8-12/h3,7-10,14,16H,1,4-6,11H2,2H3. The van der Waals surface area contributed by atoms with E-state index in [-0.39, 0.29) is 5.82 Å². The third-order valence-electron chi connectivity index (χ3n) is 2.57. The van der Waals surface area contributed by atoms with Gasteiger partial charge in [0.2, 0.25) is 0 Å². The van der Waals surface area contributed by atoms with Gasteiger partial charge in [-0.2, -0.15) is 0 Å². The molecule has 1 atom stereocenters. The van der Waals surface area contributed by atoms with Crippen LogP contribution in [0.4, 0.5) is 4.39 Å². The fourth-order valence-electron chi connectivity index (χ4n) is 1.68. The third-order valence-corrected chi connectivity index (χ3v) is 2.57. The van der Waals surface area contributed by atoms with Gasteiger partial charge >= 0.3 is 0 Å². The van der Waals surface area contributed by atoms with Gasteiger partial charge in [0.05, 0.1) is 0 Å². The second kappa shape index (κ2) is 7.18. The number of halogens is 1. The first-order valence-corrected chi connectivity index (χ1v) is 5.87. The summed E-state index contributed by atoms with van der Waals surface area (Å²) in [5, 5.41) is 3.47. The summed E-state index contributed by atoms with van der Waals surface area (Å²) in [5.74, 6) is -0.179. The highest BCUT2D eigenvalue weighted by molar-refractivity contribution is 5.20. The van der Waals surface area contributed by atoms with E-state index in [2.05, 4.69) is 18.8 Å². The van der Waals surface area contributed by atoms with Gasteiger partial charge in [-0.3, -0.25) is 0 Å². The number of nitrogens with one attached hydrogen (secondary N) is 1. The zero-order chi connectivity index (χ0) is 11.8. The van der Waals surface area contributed by atoms with Crippen molar-refractivity contribution in [3.05, 3.63) is 48.3 Å². The van der Waals surface area contributed by atoms with Crippen molar-refractivity contribution in [2.75, 3.05) is 6.54 Å². The summed E-state index contributed by atoms with van der Waals surface area (Å²) in [6, 6.07) is 7.05. The number of allylic oxidation sites excluding steroid dienone is 1. The van der Waals surface area contributed by atoms with Crippen LogP contribution in [0.2, 0.25) is 0 Å². The second-order valence-electron chi connectivity index (χ2n) is 3.92. The molecule has 0 radical (unpaired) electrons. The summed E-state index contributed by atoms with van der Waals surface area (Å²) in [6.07, 6.45) is 5.00. The average molecular weight is 221 g/mol. The first-order chi connectivity index (χ1) is 7.77. The molecule has 0 aliphatic rings. The minimum Gasteiger partial charge on any atom is -0.310 e. The van der Waals surface area contributed by atoms with Crippen molar-refractivity contribution >= 4 is 0 Å². The smallest absolute Gasteiger partial charge is 0.123 e. The molecule has 0 heterocycles. The molecule has 1 rings (SSSR count). The summed E-state index contributed by atoms with van der Waals surface area (Å²) in [4.78, 5) is 0. The predicted molar refractivity (Wildman–Crippen MR) is 66.9 cm³/mol. The summed E-state index contributed by atoms with van der Waals surface area (Å²) in [7, 11) is 0. The largest absolute Gasteiger partial charge is 0.310 e. The van der Waals surface area contributed by atoms with E-state index < -0.39 is 0 Å². The van der Waals surface area contributed by atoms with Gasteiger partial charge in [-0.05, 0) is 43.5 Å². The molecule has 0 saturated carbocycles. The van der Waals surface area contributed by atoms with Crippen LogP contribution in [-0.2, 0) is 0 Å². The van der Waals surface area contributed by atoms with E-state index in [4.69, 9.17) is 0 Å². The highest BCUT2D eigenvalue weighted by Crippen LogP contribution is 2.19. The highest BCUT2D eigenvalue weighted by Gasteiger charge is 2.09. The first kappa shape index (κ1) is 12.9. The Bertz CT molecular complexity index is 305. The maximum absolute atomic E-state index is 12.8. The van der Waals surface area contributed by atoms with Crippen LogP contribution in [0.5, 0.6) is 0 Å². The molecule has 0 spiro atoms. The molecule has 1 unspecified atom stereocenters. The highest BCUT2D eigenvalue weighted by atomic mass is 19.1. The summed E-state index contributed by atoms with van der Waals surface area (Å²) >= 11 is 0. The van der Waals surface area contributed by atoms with Crippen molar-refractivity contribution in [3.8, 4) is 0 Å².